The molecule has 58 heavy (non-hydrogen) atoms. The number of rotatable bonds is 5. The molecule has 0 bridgehead atoms. The fourth-order valence-corrected chi connectivity index (χ4v) is 10.7. The van der Waals surface area contributed by atoms with E-state index in [1.165, 1.54) is 89.0 Å². The Morgan fingerprint density at radius 3 is 2.14 bits per heavy atom. The van der Waals surface area contributed by atoms with Crippen molar-refractivity contribution in [3.8, 4) is 16.8 Å². The minimum atomic E-state index is -0.251. The highest BCUT2D eigenvalue weighted by atomic mass is 15.2. The molecular weight excluding hydrogens is 701 g/mol. The number of benzene rings is 7. The van der Waals surface area contributed by atoms with Crippen molar-refractivity contribution in [2.24, 2.45) is 0 Å². The van der Waals surface area contributed by atoms with Gasteiger partial charge in [-0.25, -0.2) is 0 Å². The van der Waals surface area contributed by atoms with Crippen molar-refractivity contribution in [1.29, 1.82) is 0 Å². The molecule has 2 nitrogen and oxygen atoms in total. The Hall–Kier alpha value is -6.90. The molecule has 0 fully saturated rings. The maximum absolute atomic E-state index is 2.62. The van der Waals surface area contributed by atoms with E-state index in [4.69, 9.17) is 0 Å². The van der Waals surface area contributed by atoms with E-state index in [2.05, 4.69) is 223 Å². The van der Waals surface area contributed by atoms with Gasteiger partial charge in [-0.2, -0.15) is 0 Å². The first-order valence-electron chi connectivity index (χ1n) is 20.7. The number of nitrogens with zero attached hydrogens (tertiary/aromatic N) is 2. The van der Waals surface area contributed by atoms with Gasteiger partial charge in [0.25, 0.3) is 0 Å². The third-order valence-electron chi connectivity index (χ3n) is 13.5. The highest BCUT2D eigenvalue weighted by Gasteiger charge is 2.48. The zero-order chi connectivity index (χ0) is 38.4. The van der Waals surface area contributed by atoms with Crippen molar-refractivity contribution in [3.05, 3.63) is 240 Å². The number of fused-ring (bicyclic) bond motifs is 9. The summed E-state index contributed by atoms with van der Waals surface area (Å²) in [5, 5.41) is 2.55. The number of aromatic nitrogens is 1. The molecule has 1 aromatic heterocycles. The van der Waals surface area contributed by atoms with Crippen molar-refractivity contribution in [3.63, 3.8) is 0 Å². The summed E-state index contributed by atoms with van der Waals surface area (Å²) in [6.07, 6.45) is 15.2. The summed E-state index contributed by atoms with van der Waals surface area (Å²) in [6.45, 7) is 2.44. The molecular formula is C56H42N2. The Morgan fingerprint density at radius 2 is 1.31 bits per heavy atom. The van der Waals surface area contributed by atoms with Gasteiger partial charge in [0.05, 0.1) is 17.1 Å². The Labute approximate surface area is 340 Å². The van der Waals surface area contributed by atoms with Gasteiger partial charge in [-0.15, -0.1) is 0 Å². The first kappa shape index (κ1) is 33.3. The van der Waals surface area contributed by atoms with E-state index in [1.807, 2.05) is 0 Å². The topological polar surface area (TPSA) is 8.17 Å². The average molecular weight is 743 g/mol. The lowest BCUT2D eigenvalue weighted by molar-refractivity contribution is 0.677. The highest BCUT2D eigenvalue weighted by Crippen LogP contribution is 2.59. The number of hydrogen-bond acceptors (Lipinski definition) is 1. The van der Waals surface area contributed by atoms with Gasteiger partial charge < -0.3 is 9.47 Å². The van der Waals surface area contributed by atoms with E-state index in [0.29, 0.717) is 5.92 Å². The van der Waals surface area contributed by atoms with Crippen LogP contribution in [0.3, 0.4) is 0 Å². The Morgan fingerprint density at radius 1 is 0.586 bits per heavy atom. The highest BCUT2D eigenvalue weighted by molar-refractivity contribution is 6.10. The van der Waals surface area contributed by atoms with E-state index < -0.39 is 0 Å². The number of para-hydroxylation sites is 2. The summed E-state index contributed by atoms with van der Waals surface area (Å²) in [4.78, 5) is 2.62. The maximum atomic E-state index is 2.62. The monoisotopic (exact) mass is 742 g/mol. The zero-order valence-corrected chi connectivity index (χ0v) is 32.5. The van der Waals surface area contributed by atoms with Crippen LogP contribution in [0.25, 0.3) is 44.2 Å². The maximum Gasteiger partial charge on any atom is 0.0633 e. The van der Waals surface area contributed by atoms with Crippen molar-refractivity contribution < 1.29 is 0 Å². The van der Waals surface area contributed by atoms with Gasteiger partial charge in [-0.3, -0.25) is 0 Å². The lowest BCUT2D eigenvalue weighted by Gasteiger charge is -2.35. The second kappa shape index (κ2) is 12.8. The molecule has 8 aromatic rings. The van der Waals surface area contributed by atoms with E-state index in [-0.39, 0.29) is 17.4 Å². The molecule has 3 aliphatic carbocycles. The van der Waals surface area contributed by atoms with Crippen LogP contribution in [0.1, 0.15) is 53.0 Å². The van der Waals surface area contributed by atoms with E-state index in [9.17, 15) is 0 Å². The molecule has 2 heterocycles. The van der Waals surface area contributed by atoms with Crippen LogP contribution in [0.4, 0.5) is 11.4 Å². The zero-order valence-electron chi connectivity index (χ0n) is 32.5. The lowest BCUT2D eigenvalue weighted by atomic mass is 9.71. The van der Waals surface area contributed by atoms with Crippen LogP contribution in [0.2, 0.25) is 0 Å². The molecule has 4 aliphatic rings. The predicted octanol–water partition coefficient (Wildman–Crippen LogP) is 14.0. The molecule has 7 aromatic carbocycles. The van der Waals surface area contributed by atoms with Crippen LogP contribution in [-0.4, -0.2) is 10.6 Å². The smallest absolute Gasteiger partial charge is 0.0633 e. The SMILES string of the molecule is CC1(c2ccccc2)C2=CC3C(C=C2c2ccccc21)c1cc(-c2ccc4c(c2)c2ccccc2n4-c2ccccc2)ccc1N3c1ccc(C2C=CC=CC2)cc1. The fraction of sp³-hybridized carbons (Fsp3) is 0.107. The van der Waals surface area contributed by atoms with Crippen molar-refractivity contribution >= 4 is 38.8 Å². The molecule has 276 valence electrons. The molecule has 0 saturated heterocycles. The van der Waals surface area contributed by atoms with Gasteiger partial charge in [0, 0.05) is 45.1 Å². The summed E-state index contributed by atoms with van der Waals surface area (Å²) in [6, 6.07) is 63.6. The molecule has 4 atom stereocenters. The fourth-order valence-electron chi connectivity index (χ4n) is 10.7. The van der Waals surface area contributed by atoms with Crippen LogP contribution in [0, 0.1) is 0 Å². The minimum absolute atomic E-state index is 0.135. The third kappa shape index (κ3) is 4.85. The second-order valence-electron chi connectivity index (χ2n) is 16.5. The predicted molar refractivity (Wildman–Crippen MR) is 242 cm³/mol. The summed E-state index contributed by atoms with van der Waals surface area (Å²) >= 11 is 0. The first-order chi connectivity index (χ1) is 28.6. The van der Waals surface area contributed by atoms with E-state index >= 15 is 0 Å². The molecule has 0 radical (unpaired) electrons. The molecule has 0 saturated carbocycles. The quantitative estimate of drug-likeness (QED) is 0.170. The van der Waals surface area contributed by atoms with Gasteiger partial charge in [0.2, 0.25) is 0 Å². The van der Waals surface area contributed by atoms with Crippen molar-refractivity contribution in [1.82, 2.24) is 4.57 Å². The minimum Gasteiger partial charge on any atom is -0.333 e. The van der Waals surface area contributed by atoms with Crippen LogP contribution >= 0.6 is 0 Å². The number of allylic oxidation sites excluding steroid dienone is 6. The van der Waals surface area contributed by atoms with Gasteiger partial charge in [-0.1, -0.05) is 152 Å². The first-order valence-corrected chi connectivity index (χ1v) is 20.7. The van der Waals surface area contributed by atoms with Gasteiger partial charge in [-0.05, 0) is 118 Å². The lowest BCUT2D eigenvalue weighted by Crippen LogP contribution is -2.32. The van der Waals surface area contributed by atoms with Crippen LogP contribution in [0.5, 0.6) is 0 Å². The average Bonchev–Trinajstić information content (AvgIpc) is 3.89. The molecule has 0 spiro atoms. The van der Waals surface area contributed by atoms with Crippen LogP contribution < -0.4 is 4.90 Å². The standard InChI is InChI=1S/C56H42N2/c1-56(41-17-7-3-8-18-41)50-23-13-11-21-44(50)46-35-49-48-34-40(39-27-31-53-47(33-39)45-22-12-14-24-52(45)57(53)42-19-9-4-10-20-42)28-32-54(48)58(55(49)36-51(46)56)43-29-25-38(26-30-43)37-15-5-2-6-16-37/h2-15,17-37,49,55H,16H2,1H3. The van der Waals surface area contributed by atoms with Crippen LogP contribution in [0.15, 0.2) is 212 Å². The van der Waals surface area contributed by atoms with E-state index in [1.54, 1.807) is 0 Å². The van der Waals surface area contributed by atoms with E-state index in [0.717, 1.165) is 6.42 Å². The molecule has 4 unspecified atom stereocenters. The van der Waals surface area contributed by atoms with Crippen molar-refractivity contribution in [2.75, 3.05) is 4.90 Å². The number of hydrogen-bond donors (Lipinski definition) is 0. The van der Waals surface area contributed by atoms with Gasteiger partial charge in [0.15, 0.2) is 0 Å². The van der Waals surface area contributed by atoms with Gasteiger partial charge >= 0.3 is 0 Å². The Balaban J connectivity index is 1.02. The number of anilines is 2. The van der Waals surface area contributed by atoms with Gasteiger partial charge in [0.1, 0.15) is 0 Å². The van der Waals surface area contributed by atoms with Crippen LogP contribution in [-0.2, 0) is 5.41 Å². The Kier molecular flexibility index (Phi) is 7.35. The van der Waals surface area contributed by atoms with Crippen molar-refractivity contribution in [2.45, 2.75) is 36.6 Å². The summed E-state index contributed by atoms with van der Waals surface area (Å²) in [7, 11) is 0. The Bertz CT molecular complexity index is 3050. The summed E-state index contributed by atoms with van der Waals surface area (Å²) in [5.74, 6) is 0.611. The molecule has 1 aliphatic heterocycles. The summed E-state index contributed by atoms with van der Waals surface area (Å²) < 4.78 is 2.40. The molecule has 2 heteroatoms. The second-order valence-corrected chi connectivity index (χ2v) is 16.5. The molecule has 12 rings (SSSR count). The normalized spacial score (nSPS) is 21.4. The molecule has 0 amide bonds. The molecule has 0 N–H and O–H groups in total. The largest absolute Gasteiger partial charge is 0.333 e. The summed E-state index contributed by atoms with van der Waals surface area (Å²) in [5.41, 5.74) is 18.0. The third-order valence-corrected chi connectivity index (χ3v) is 13.5.